The number of thiazole rings is 1. The molecule has 2 aromatic heterocycles. The number of anilines is 1. The van der Waals surface area contributed by atoms with Crippen LogP contribution in [0.15, 0.2) is 47.3 Å². The molecule has 1 aliphatic heterocycles. The summed E-state index contributed by atoms with van der Waals surface area (Å²) in [6.45, 7) is 3.01. The maximum Gasteiger partial charge on any atom is 0.260 e. The average molecular weight is 397 g/mol. The summed E-state index contributed by atoms with van der Waals surface area (Å²) in [5.74, 6) is 0.390. The van der Waals surface area contributed by atoms with Crippen LogP contribution in [0.4, 0.5) is 5.13 Å². The first-order valence-electron chi connectivity index (χ1n) is 8.88. The molecule has 3 aromatic rings. The van der Waals surface area contributed by atoms with Gasteiger partial charge in [-0.05, 0) is 24.6 Å². The summed E-state index contributed by atoms with van der Waals surface area (Å²) in [7, 11) is 0. The van der Waals surface area contributed by atoms with E-state index in [4.69, 9.17) is 9.15 Å². The van der Waals surface area contributed by atoms with E-state index in [1.807, 2.05) is 31.2 Å². The fraction of sp³-hybridized carbons (Fsp3) is 0.250. The topological polar surface area (TPSA) is 84.7 Å². The van der Waals surface area contributed by atoms with E-state index in [2.05, 4.69) is 10.3 Å². The van der Waals surface area contributed by atoms with Crippen molar-refractivity contribution in [3.8, 4) is 5.75 Å². The van der Waals surface area contributed by atoms with Crippen LogP contribution in [0.5, 0.6) is 5.75 Å². The molecule has 0 fully saturated rings. The molecule has 0 spiro atoms. The van der Waals surface area contributed by atoms with Gasteiger partial charge in [0.25, 0.3) is 11.8 Å². The molecule has 3 heterocycles. The van der Waals surface area contributed by atoms with Crippen molar-refractivity contribution in [1.82, 2.24) is 9.88 Å². The highest BCUT2D eigenvalue weighted by Crippen LogP contribution is 2.29. The number of amides is 2. The molecule has 1 aliphatic rings. The van der Waals surface area contributed by atoms with Crippen LogP contribution < -0.4 is 10.1 Å². The van der Waals surface area contributed by atoms with E-state index in [0.29, 0.717) is 30.2 Å². The minimum Gasteiger partial charge on any atom is -0.484 e. The number of carbonyl (C=O) groups excluding carboxylic acids is 2. The Bertz CT molecular complexity index is 997. The van der Waals surface area contributed by atoms with Crippen LogP contribution >= 0.6 is 11.3 Å². The number of para-hydroxylation sites is 1. The molecular formula is C20H19N3O4S. The fourth-order valence-electron chi connectivity index (χ4n) is 2.97. The number of furan rings is 1. The Morgan fingerprint density at radius 1 is 1.32 bits per heavy atom. The van der Waals surface area contributed by atoms with Crippen molar-refractivity contribution < 1.29 is 18.7 Å². The van der Waals surface area contributed by atoms with Gasteiger partial charge in [0, 0.05) is 17.8 Å². The molecule has 0 aliphatic carbocycles. The molecule has 8 heteroatoms. The highest BCUT2D eigenvalue weighted by molar-refractivity contribution is 7.15. The first-order chi connectivity index (χ1) is 13.6. The summed E-state index contributed by atoms with van der Waals surface area (Å²) >= 11 is 1.39. The van der Waals surface area contributed by atoms with E-state index in [1.54, 1.807) is 11.0 Å². The zero-order valence-electron chi connectivity index (χ0n) is 15.3. The van der Waals surface area contributed by atoms with Crippen molar-refractivity contribution in [2.75, 3.05) is 18.5 Å². The molecule has 0 unspecified atom stereocenters. The zero-order chi connectivity index (χ0) is 19.5. The monoisotopic (exact) mass is 397 g/mol. The van der Waals surface area contributed by atoms with Gasteiger partial charge < -0.3 is 14.1 Å². The first-order valence-corrected chi connectivity index (χ1v) is 9.70. The van der Waals surface area contributed by atoms with Crippen molar-refractivity contribution in [2.24, 2.45) is 0 Å². The summed E-state index contributed by atoms with van der Waals surface area (Å²) in [4.78, 5) is 31.9. The van der Waals surface area contributed by atoms with Crippen molar-refractivity contribution >= 4 is 28.3 Å². The van der Waals surface area contributed by atoms with Crippen LogP contribution in [-0.2, 0) is 17.8 Å². The van der Waals surface area contributed by atoms with Crippen molar-refractivity contribution in [1.29, 1.82) is 0 Å². The van der Waals surface area contributed by atoms with Gasteiger partial charge in [0.1, 0.15) is 12.0 Å². The van der Waals surface area contributed by atoms with Crippen molar-refractivity contribution in [3.63, 3.8) is 0 Å². The number of ether oxygens (including phenoxy) is 1. The fourth-order valence-corrected chi connectivity index (χ4v) is 3.99. The summed E-state index contributed by atoms with van der Waals surface area (Å²) in [5, 5.41) is 3.31. The minimum absolute atomic E-state index is 0.00305. The van der Waals surface area contributed by atoms with Crippen LogP contribution in [0.1, 0.15) is 26.5 Å². The molecule has 7 nitrogen and oxygen atoms in total. The lowest BCUT2D eigenvalue weighted by Crippen LogP contribution is -2.38. The van der Waals surface area contributed by atoms with Crippen LogP contribution in [0, 0.1) is 6.92 Å². The molecule has 0 saturated carbocycles. The van der Waals surface area contributed by atoms with Gasteiger partial charge in [0.15, 0.2) is 11.7 Å². The van der Waals surface area contributed by atoms with Gasteiger partial charge >= 0.3 is 0 Å². The van der Waals surface area contributed by atoms with E-state index >= 15 is 0 Å². The maximum absolute atomic E-state index is 12.5. The SMILES string of the molecule is Cc1ccccc1OCC(=O)N1CCc2nc(NC(=O)c3ccoc3)sc2C1. The molecule has 28 heavy (non-hydrogen) atoms. The predicted octanol–water partition coefficient (Wildman–Crippen LogP) is 3.26. The Morgan fingerprint density at radius 2 is 2.18 bits per heavy atom. The third kappa shape index (κ3) is 3.91. The molecule has 2 amide bonds. The van der Waals surface area contributed by atoms with Crippen LogP contribution in [0.25, 0.3) is 0 Å². The number of aromatic nitrogens is 1. The quantitative estimate of drug-likeness (QED) is 0.714. The summed E-state index contributed by atoms with van der Waals surface area (Å²) in [6.07, 6.45) is 3.49. The van der Waals surface area contributed by atoms with Crippen LogP contribution in [0.2, 0.25) is 0 Å². The lowest BCUT2D eigenvalue weighted by atomic mass is 10.2. The van der Waals surface area contributed by atoms with Gasteiger partial charge in [-0.15, -0.1) is 0 Å². The Hall–Kier alpha value is -3.13. The number of fused-ring (bicyclic) bond motifs is 1. The van der Waals surface area contributed by atoms with Gasteiger partial charge in [-0.3, -0.25) is 14.9 Å². The second-order valence-corrected chi connectivity index (χ2v) is 7.56. The first kappa shape index (κ1) is 18.2. The van der Waals surface area contributed by atoms with Crippen LogP contribution in [0.3, 0.4) is 0 Å². The van der Waals surface area contributed by atoms with Crippen molar-refractivity contribution in [3.05, 3.63) is 64.6 Å². The number of rotatable bonds is 5. The van der Waals surface area contributed by atoms with Gasteiger partial charge in [-0.1, -0.05) is 29.5 Å². The highest BCUT2D eigenvalue weighted by Gasteiger charge is 2.25. The Balaban J connectivity index is 1.36. The Morgan fingerprint density at radius 3 is 2.96 bits per heavy atom. The van der Waals surface area contributed by atoms with E-state index in [9.17, 15) is 9.59 Å². The van der Waals surface area contributed by atoms with Gasteiger partial charge in [-0.2, -0.15) is 0 Å². The summed E-state index contributed by atoms with van der Waals surface area (Å²) in [5.41, 5.74) is 2.37. The Labute approximate surface area is 165 Å². The largest absolute Gasteiger partial charge is 0.484 e. The molecule has 0 saturated heterocycles. The number of nitrogens with zero attached hydrogens (tertiary/aromatic N) is 2. The number of nitrogens with one attached hydrogen (secondary N) is 1. The highest BCUT2D eigenvalue weighted by atomic mass is 32.1. The second-order valence-electron chi connectivity index (χ2n) is 6.47. The van der Waals surface area contributed by atoms with E-state index in [1.165, 1.54) is 23.9 Å². The normalized spacial score (nSPS) is 13.1. The predicted molar refractivity (Wildman–Crippen MR) is 105 cm³/mol. The summed E-state index contributed by atoms with van der Waals surface area (Å²) in [6, 6.07) is 9.22. The molecule has 4 rings (SSSR count). The standard InChI is InChI=1S/C20H19N3O4S/c1-13-4-2-3-5-16(13)27-12-18(24)23-8-6-15-17(10-23)28-20(21-15)22-19(25)14-7-9-26-11-14/h2-5,7,9,11H,6,8,10,12H2,1H3,(H,21,22,25). The van der Waals surface area contributed by atoms with Gasteiger partial charge in [0.05, 0.1) is 24.1 Å². The average Bonchev–Trinajstić information content (AvgIpc) is 3.36. The maximum atomic E-state index is 12.5. The third-order valence-corrected chi connectivity index (χ3v) is 5.53. The van der Waals surface area contributed by atoms with Crippen molar-refractivity contribution in [2.45, 2.75) is 19.9 Å². The molecule has 0 atom stereocenters. The lowest BCUT2D eigenvalue weighted by Gasteiger charge is -2.26. The molecular weight excluding hydrogens is 378 g/mol. The minimum atomic E-state index is -0.264. The molecule has 0 bridgehead atoms. The van der Waals surface area contributed by atoms with E-state index in [-0.39, 0.29) is 18.4 Å². The number of aryl methyl sites for hydroxylation is 1. The van der Waals surface area contributed by atoms with E-state index in [0.717, 1.165) is 21.9 Å². The van der Waals surface area contributed by atoms with E-state index < -0.39 is 0 Å². The second kappa shape index (κ2) is 7.85. The number of hydrogen-bond donors (Lipinski definition) is 1. The van der Waals surface area contributed by atoms with Gasteiger partial charge in [0.2, 0.25) is 0 Å². The smallest absolute Gasteiger partial charge is 0.260 e. The zero-order valence-corrected chi connectivity index (χ0v) is 16.1. The number of carbonyl (C=O) groups is 2. The molecule has 1 aromatic carbocycles. The number of hydrogen-bond acceptors (Lipinski definition) is 6. The Kier molecular flexibility index (Phi) is 5.12. The molecule has 0 radical (unpaired) electrons. The third-order valence-electron chi connectivity index (χ3n) is 4.53. The molecule has 144 valence electrons. The van der Waals surface area contributed by atoms with Gasteiger partial charge in [-0.25, -0.2) is 4.98 Å². The summed E-state index contributed by atoms with van der Waals surface area (Å²) < 4.78 is 10.6. The number of benzene rings is 1. The van der Waals surface area contributed by atoms with Crippen LogP contribution in [-0.4, -0.2) is 34.8 Å². The molecule has 1 N–H and O–H groups in total. The lowest BCUT2D eigenvalue weighted by molar-refractivity contribution is -0.134.